The molecule has 122 valence electrons. The topological polar surface area (TPSA) is 76.1 Å². The van der Waals surface area contributed by atoms with Gasteiger partial charge in [-0.3, -0.25) is 0 Å². The van der Waals surface area contributed by atoms with Crippen LogP contribution >= 0.6 is 11.6 Å². The van der Waals surface area contributed by atoms with Crippen LogP contribution in [0.5, 0.6) is 0 Å². The van der Waals surface area contributed by atoms with Crippen molar-refractivity contribution in [1.29, 1.82) is 0 Å². The van der Waals surface area contributed by atoms with Crippen LogP contribution in [-0.2, 0) is 4.74 Å². The largest absolute Gasteiger partial charge is 0.465 e. The van der Waals surface area contributed by atoms with E-state index in [0.29, 0.717) is 28.0 Å². The van der Waals surface area contributed by atoms with Crippen LogP contribution in [0.15, 0.2) is 30.5 Å². The molecule has 23 heavy (non-hydrogen) atoms. The molecular formula is C16H19ClN4O2. The summed E-state index contributed by atoms with van der Waals surface area (Å²) in [6.45, 7) is 6.06. The molecule has 6 nitrogen and oxygen atoms in total. The van der Waals surface area contributed by atoms with Crippen molar-refractivity contribution in [3.05, 3.63) is 41.0 Å². The number of nitrogens with one attached hydrogen (secondary N) is 2. The lowest BCUT2D eigenvalue weighted by atomic mass is 10.1. The summed E-state index contributed by atoms with van der Waals surface area (Å²) in [5, 5.41) is 6.75. The lowest BCUT2D eigenvalue weighted by Gasteiger charge is -2.20. The summed E-state index contributed by atoms with van der Waals surface area (Å²) in [6, 6.07) is 6.57. The summed E-state index contributed by atoms with van der Waals surface area (Å²) >= 11 is 6.17. The minimum Gasteiger partial charge on any atom is -0.465 e. The first-order valence-electron chi connectivity index (χ1n) is 7.04. The van der Waals surface area contributed by atoms with E-state index in [1.165, 1.54) is 7.11 Å². The Morgan fingerprint density at radius 1 is 1.26 bits per heavy atom. The third-order valence-electron chi connectivity index (χ3n) is 2.79. The van der Waals surface area contributed by atoms with Gasteiger partial charge >= 0.3 is 5.97 Å². The van der Waals surface area contributed by atoms with E-state index in [-0.39, 0.29) is 5.54 Å². The second-order valence-electron chi connectivity index (χ2n) is 5.95. The van der Waals surface area contributed by atoms with Gasteiger partial charge in [0.2, 0.25) is 5.95 Å². The Labute approximate surface area is 140 Å². The number of hydrogen-bond acceptors (Lipinski definition) is 6. The minimum atomic E-state index is -0.428. The molecule has 2 N–H and O–H groups in total. The summed E-state index contributed by atoms with van der Waals surface area (Å²) in [5.74, 6) is 0.640. The van der Waals surface area contributed by atoms with Crippen molar-refractivity contribution in [2.45, 2.75) is 26.3 Å². The lowest BCUT2D eigenvalue weighted by molar-refractivity contribution is 0.0601. The molecule has 0 atom stereocenters. The number of methoxy groups -OCH3 is 1. The molecule has 0 amide bonds. The first-order valence-corrected chi connectivity index (χ1v) is 7.42. The maximum absolute atomic E-state index is 11.6. The van der Waals surface area contributed by atoms with Crippen molar-refractivity contribution in [3.8, 4) is 0 Å². The van der Waals surface area contributed by atoms with E-state index in [1.807, 2.05) is 20.8 Å². The molecule has 0 saturated carbocycles. The first-order chi connectivity index (χ1) is 10.8. The number of hydrogen-bond donors (Lipinski definition) is 2. The molecule has 2 rings (SSSR count). The molecule has 0 aliphatic heterocycles. The molecule has 7 heteroatoms. The van der Waals surface area contributed by atoms with E-state index in [2.05, 4.69) is 20.6 Å². The summed E-state index contributed by atoms with van der Waals surface area (Å²) < 4.78 is 4.71. The van der Waals surface area contributed by atoms with Crippen molar-refractivity contribution in [2.24, 2.45) is 0 Å². The number of rotatable bonds is 4. The van der Waals surface area contributed by atoms with Crippen molar-refractivity contribution in [1.82, 2.24) is 9.97 Å². The van der Waals surface area contributed by atoms with Crippen LogP contribution in [-0.4, -0.2) is 28.6 Å². The highest BCUT2D eigenvalue weighted by Crippen LogP contribution is 2.26. The van der Waals surface area contributed by atoms with E-state index in [0.717, 1.165) is 0 Å². The van der Waals surface area contributed by atoms with Gasteiger partial charge in [-0.1, -0.05) is 11.6 Å². The smallest absolute Gasteiger partial charge is 0.337 e. The molecule has 0 radical (unpaired) electrons. The zero-order valence-corrected chi connectivity index (χ0v) is 14.2. The Morgan fingerprint density at radius 2 is 2.00 bits per heavy atom. The third kappa shape index (κ3) is 4.82. The van der Waals surface area contributed by atoms with Crippen LogP contribution in [0.4, 0.5) is 17.5 Å². The van der Waals surface area contributed by atoms with Gasteiger partial charge in [0, 0.05) is 11.7 Å². The van der Waals surface area contributed by atoms with Crippen LogP contribution in [0.25, 0.3) is 0 Å². The van der Waals surface area contributed by atoms with Gasteiger partial charge in [0.1, 0.15) is 5.82 Å². The van der Waals surface area contributed by atoms with Gasteiger partial charge in [0.05, 0.1) is 23.4 Å². The Bertz CT molecular complexity index is 713. The maximum atomic E-state index is 11.6. The summed E-state index contributed by atoms with van der Waals surface area (Å²) in [5.41, 5.74) is 0.817. The molecule has 1 heterocycles. The average Bonchev–Trinajstić information content (AvgIpc) is 2.47. The second-order valence-corrected chi connectivity index (χ2v) is 6.36. The molecule has 0 aliphatic carbocycles. The number of aromatic nitrogens is 2. The number of nitrogens with zero attached hydrogens (tertiary/aromatic N) is 2. The quantitative estimate of drug-likeness (QED) is 0.826. The second kappa shape index (κ2) is 6.83. The van der Waals surface area contributed by atoms with E-state index >= 15 is 0 Å². The van der Waals surface area contributed by atoms with Crippen LogP contribution in [0.2, 0.25) is 5.02 Å². The Morgan fingerprint density at radius 3 is 2.65 bits per heavy atom. The predicted molar refractivity (Wildman–Crippen MR) is 91.5 cm³/mol. The van der Waals surface area contributed by atoms with E-state index < -0.39 is 5.97 Å². The highest BCUT2D eigenvalue weighted by Gasteiger charge is 2.13. The summed E-state index contributed by atoms with van der Waals surface area (Å²) in [4.78, 5) is 20.2. The number of anilines is 3. The molecule has 0 spiro atoms. The van der Waals surface area contributed by atoms with E-state index in [9.17, 15) is 4.79 Å². The fourth-order valence-corrected chi connectivity index (χ4v) is 1.99. The maximum Gasteiger partial charge on any atom is 0.337 e. The molecule has 1 aromatic carbocycles. The number of carbonyl (C=O) groups excluding carboxylic acids is 1. The summed E-state index contributed by atoms with van der Waals surface area (Å²) in [6.07, 6.45) is 1.64. The van der Waals surface area contributed by atoms with Crippen LogP contribution in [0.3, 0.4) is 0 Å². The van der Waals surface area contributed by atoms with Crippen molar-refractivity contribution in [3.63, 3.8) is 0 Å². The minimum absolute atomic E-state index is 0.152. The fourth-order valence-electron chi connectivity index (χ4n) is 1.83. The van der Waals surface area contributed by atoms with Crippen molar-refractivity contribution < 1.29 is 9.53 Å². The molecule has 1 aromatic heterocycles. The number of halogens is 1. The number of benzene rings is 1. The number of carbonyl (C=O) groups is 1. The highest BCUT2D eigenvalue weighted by atomic mass is 35.5. The zero-order valence-electron chi connectivity index (χ0n) is 13.5. The average molecular weight is 335 g/mol. The predicted octanol–water partition coefficient (Wildman–Crippen LogP) is 3.87. The fraction of sp³-hybridized carbons (Fsp3) is 0.312. The van der Waals surface area contributed by atoms with Gasteiger partial charge in [-0.2, -0.15) is 4.98 Å². The van der Waals surface area contributed by atoms with Crippen LogP contribution in [0.1, 0.15) is 31.1 Å². The van der Waals surface area contributed by atoms with E-state index in [1.54, 1.807) is 30.5 Å². The molecule has 0 bridgehead atoms. The third-order valence-corrected chi connectivity index (χ3v) is 3.12. The van der Waals surface area contributed by atoms with Gasteiger partial charge in [0.15, 0.2) is 0 Å². The van der Waals surface area contributed by atoms with Crippen LogP contribution in [0, 0.1) is 0 Å². The van der Waals surface area contributed by atoms with Gasteiger partial charge in [-0.15, -0.1) is 0 Å². The lowest BCUT2D eigenvalue weighted by Crippen LogP contribution is -2.27. The molecule has 0 saturated heterocycles. The monoisotopic (exact) mass is 334 g/mol. The van der Waals surface area contributed by atoms with Crippen molar-refractivity contribution in [2.75, 3.05) is 17.7 Å². The number of ether oxygens (including phenoxy) is 1. The number of esters is 1. The molecule has 2 aromatic rings. The molecule has 0 fully saturated rings. The first kappa shape index (κ1) is 17.0. The molecule has 0 unspecified atom stereocenters. The summed E-state index contributed by atoms with van der Waals surface area (Å²) in [7, 11) is 1.33. The standard InChI is InChI=1S/C16H19ClN4O2/c1-16(2,3)21-15-18-8-7-13(20-15)19-12-9-10(14(22)23-4)5-6-11(12)17/h5-9H,1-4H3,(H2,18,19,20,21). The van der Waals surface area contributed by atoms with Gasteiger partial charge < -0.3 is 15.4 Å². The Hall–Kier alpha value is -2.34. The van der Waals surface area contributed by atoms with Gasteiger partial charge in [0.25, 0.3) is 0 Å². The zero-order chi connectivity index (χ0) is 17.0. The Kier molecular flexibility index (Phi) is 5.05. The van der Waals surface area contributed by atoms with Gasteiger partial charge in [-0.05, 0) is 45.0 Å². The van der Waals surface area contributed by atoms with E-state index in [4.69, 9.17) is 16.3 Å². The van der Waals surface area contributed by atoms with Crippen molar-refractivity contribution >= 4 is 35.0 Å². The normalized spacial score (nSPS) is 11.0. The van der Waals surface area contributed by atoms with Crippen LogP contribution < -0.4 is 10.6 Å². The Balaban J connectivity index is 2.25. The SMILES string of the molecule is COC(=O)c1ccc(Cl)c(Nc2ccnc(NC(C)(C)C)n2)c1. The van der Waals surface area contributed by atoms with Gasteiger partial charge in [-0.25, -0.2) is 9.78 Å². The molecular weight excluding hydrogens is 316 g/mol. The highest BCUT2D eigenvalue weighted by molar-refractivity contribution is 6.33. The molecule has 0 aliphatic rings.